The van der Waals surface area contributed by atoms with Gasteiger partial charge in [0.2, 0.25) is 0 Å². The molecule has 1 amide bonds. The molecule has 1 aliphatic heterocycles. The first-order valence-electron chi connectivity index (χ1n) is 3.47. The fourth-order valence-corrected chi connectivity index (χ4v) is 1.35. The first-order valence-corrected chi connectivity index (χ1v) is 3.91. The molecule has 12 heavy (non-hydrogen) atoms. The Labute approximate surface area is 74.1 Å². The number of hydrogen-bond acceptors (Lipinski definition) is 2. The van der Waals surface area contributed by atoms with Gasteiger partial charge in [-0.05, 0) is 6.07 Å². The quantitative estimate of drug-likeness (QED) is 0.447. The third-order valence-corrected chi connectivity index (χ3v) is 2.02. The maximum Gasteiger partial charge on any atom is 0.295 e. The third-order valence-electron chi connectivity index (χ3n) is 1.70. The maximum atomic E-state index is 11.1. The van der Waals surface area contributed by atoms with Gasteiger partial charge in [-0.25, -0.2) is 0 Å². The molecule has 0 bridgehead atoms. The standard InChI is InChI=1S/C8H5ClN2O/c9-7-5-3-1-2-4-6(5)8(12)11-10-7/h1-4,7H/t7-/m0/s1. The van der Waals surface area contributed by atoms with Crippen molar-refractivity contribution in [1.29, 1.82) is 0 Å². The Bertz CT molecular complexity index is 362. The minimum Gasteiger partial charge on any atom is -0.265 e. The molecule has 60 valence electrons. The molecule has 2 rings (SSSR count). The molecule has 0 radical (unpaired) electrons. The second-order valence-corrected chi connectivity index (χ2v) is 2.86. The Morgan fingerprint density at radius 1 is 1.33 bits per heavy atom. The van der Waals surface area contributed by atoms with Gasteiger partial charge in [0, 0.05) is 11.1 Å². The molecule has 0 N–H and O–H groups in total. The highest BCUT2D eigenvalue weighted by Gasteiger charge is 2.20. The lowest BCUT2D eigenvalue weighted by Gasteiger charge is -2.11. The zero-order valence-corrected chi connectivity index (χ0v) is 6.82. The summed E-state index contributed by atoms with van der Waals surface area (Å²) < 4.78 is 0. The van der Waals surface area contributed by atoms with Crippen LogP contribution in [0.5, 0.6) is 0 Å². The number of halogens is 1. The Morgan fingerprint density at radius 3 is 2.83 bits per heavy atom. The molecular weight excluding hydrogens is 176 g/mol. The summed E-state index contributed by atoms with van der Waals surface area (Å²) in [6, 6.07) is 7.08. The fraction of sp³-hybridized carbons (Fsp3) is 0.125. The van der Waals surface area contributed by atoms with Crippen LogP contribution in [0.3, 0.4) is 0 Å². The van der Waals surface area contributed by atoms with Crippen LogP contribution >= 0.6 is 11.6 Å². The van der Waals surface area contributed by atoms with Crippen LogP contribution < -0.4 is 0 Å². The van der Waals surface area contributed by atoms with E-state index in [9.17, 15) is 4.79 Å². The van der Waals surface area contributed by atoms with Crippen LogP contribution in [0.15, 0.2) is 34.5 Å². The summed E-state index contributed by atoms with van der Waals surface area (Å²) in [5.74, 6) is -0.317. The molecule has 0 saturated carbocycles. The van der Waals surface area contributed by atoms with Crippen molar-refractivity contribution in [3.63, 3.8) is 0 Å². The van der Waals surface area contributed by atoms with Crippen molar-refractivity contribution in [3.05, 3.63) is 35.4 Å². The molecule has 1 aliphatic rings. The monoisotopic (exact) mass is 180 g/mol. The number of amides is 1. The number of carbonyl (C=O) groups excluding carboxylic acids is 1. The van der Waals surface area contributed by atoms with E-state index in [0.29, 0.717) is 5.56 Å². The van der Waals surface area contributed by atoms with Crippen molar-refractivity contribution < 1.29 is 4.79 Å². The number of carbonyl (C=O) groups is 1. The van der Waals surface area contributed by atoms with E-state index in [1.54, 1.807) is 18.2 Å². The maximum absolute atomic E-state index is 11.1. The number of benzene rings is 1. The van der Waals surface area contributed by atoms with Crippen molar-refractivity contribution in [3.8, 4) is 0 Å². The summed E-state index contributed by atoms with van der Waals surface area (Å²) >= 11 is 5.80. The lowest BCUT2D eigenvalue weighted by Crippen LogP contribution is -2.05. The van der Waals surface area contributed by atoms with E-state index in [4.69, 9.17) is 11.6 Å². The minimum atomic E-state index is -0.515. The number of alkyl halides is 1. The van der Waals surface area contributed by atoms with Gasteiger partial charge < -0.3 is 0 Å². The first-order chi connectivity index (χ1) is 5.79. The summed E-state index contributed by atoms with van der Waals surface area (Å²) in [6.45, 7) is 0. The molecule has 1 atom stereocenters. The Hall–Kier alpha value is -1.22. The lowest BCUT2D eigenvalue weighted by atomic mass is 10.1. The van der Waals surface area contributed by atoms with E-state index in [2.05, 4.69) is 10.2 Å². The predicted molar refractivity (Wildman–Crippen MR) is 44.2 cm³/mol. The Balaban J connectivity index is 2.61. The van der Waals surface area contributed by atoms with Crippen LogP contribution in [-0.4, -0.2) is 5.91 Å². The topological polar surface area (TPSA) is 41.8 Å². The molecule has 3 nitrogen and oxygen atoms in total. The van der Waals surface area contributed by atoms with E-state index < -0.39 is 5.50 Å². The Morgan fingerprint density at radius 2 is 2.08 bits per heavy atom. The molecule has 1 aromatic rings. The van der Waals surface area contributed by atoms with Crippen molar-refractivity contribution in [2.45, 2.75) is 5.50 Å². The van der Waals surface area contributed by atoms with Crippen LogP contribution in [0.25, 0.3) is 0 Å². The van der Waals surface area contributed by atoms with Gasteiger partial charge in [-0.3, -0.25) is 4.79 Å². The molecule has 1 heterocycles. The highest BCUT2D eigenvalue weighted by atomic mass is 35.5. The highest BCUT2D eigenvalue weighted by molar-refractivity contribution is 6.21. The fourth-order valence-electron chi connectivity index (χ4n) is 1.12. The highest BCUT2D eigenvalue weighted by Crippen LogP contribution is 2.29. The molecule has 0 saturated heterocycles. The molecule has 0 aliphatic carbocycles. The third kappa shape index (κ3) is 1.02. The van der Waals surface area contributed by atoms with Gasteiger partial charge in [-0.2, -0.15) is 5.11 Å². The van der Waals surface area contributed by atoms with Crippen LogP contribution in [0, 0.1) is 0 Å². The normalized spacial score (nSPS) is 20.8. The zero-order valence-electron chi connectivity index (χ0n) is 6.07. The van der Waals surface area contributed by atoms with Gasteiger partial charge in [0.05, 0.1) is 0 Å². The van der Waals surface area contributed by atoms with E-state index in [-0.39, 0.29) is 5.91 Å². The molecule has 4 heteroatoms. The number of fused-ring (bicyclic) bond motifs is 1. The van der Waals surface area contributed by atoms with E-state index >= 15 is 0 Å². The van der Waals surface area contributed by atoms with E-state index in [1.165, 1.54) is 0 Å². The van der Waals surface area contributed by atoms with Crippen LogP contribution in [0.4, 0.5) is 0 Å². The average Bonchev–Trinajstić information content (AvgIpc) is 2.12. The summed E-state index contributed by atoms with van der Waals surface area (Å²) in [4.78, 5) is 11.1. The van der Waals surface area contributed by atoms with Crippen molar-refractivity contribution >= 4 is 17.5 Å². The van der Waals surface area contributed by atoms with Gasteiger partial charge in [-0.1, -0.05) is 29.8 Å². The molecule has 0 aromatic heterocycles. The van der Waals surface area contributed by atoms with Gasteiger partial charge >= 0.3 is 0 Å². The molecule has 1 aromatic carbocycles. The predicted octanol–water partition coefficient (Wildman–Crippen LogP) is 2.53. The van der Waals surface area contributed by atoms with Crippen molar-refractivity contribution in [2.24, 2.45) is 10.2 Å². The van der Waals surface area contributed by atoms with E-state index in [0.717, 1.165) is 5.56 Å². The lowest BCUT2D eigenvalue weighted by molar-refractivity contribution is 0.0987. The van der Waals surface area contributed by atoms with Crippen LogP contribution in [-0.2, 0) is 0 Å². The zero-order chi connectivity index (χ0) is 8.55. The SMILES string of the molecule is O=C1N=N[C@H](Cl)c2ccccc21. The summed E-state index contributed by atoms with van der Waals surface area (Å²) in [6.07, 6.45) is 0. The summed E-state index contributed by atoms with van der Waals surface area (Å²) in [5, 5.41) is 7.00. The number of azo groups is 1. The number of nitrogens with zero attached hydrogens (tertiary/aromatic N) is 2. The van der Waals surface area contributed by atoms with Gasteiger partial charge in [0.15, 0.2) is 5.50 Å². The molecule has 0 spiro atoms. The number of rotatable bonds is 0. The van der Waals surface area contributed by atoms with Gasteiger partial charge in [0.25, 0.3) is 5.91 Å². The van der Waals surface area contributed by atoms with Gasteiger partial charge in [0.1, 0.15) is 0 Å². The van der Waals surface area contributed by atoms with Gasteiger partial charge in [-0.15, -0.1) is 5.11 Å². The van der Waals surface area contributed by atoms with E-state index in [1.807, 2.05) is 6.07 Å². The minimum absolute atomic E-state index is 0.317. The Kier molecular flexibility index (Phi) is 1.66. The summed E-state index contributed by atoms with van der Waals surface area (Å²) in [5.41, 5.74) is 0.769. The smallest absolute Gasteiger partial charge is 0.265 e. The number of hydrogen-bond donors (Lipinski definition) is 0. The van der Waals surface area contributed by atoms with Crippen molar-refractivity contribution in [1.82, 2.24) is 0 Å². The second-order valence-electron chi connectivity index (χ2n) is 2.44. The summed E-state index contributed by atoms with van der Waals surface area (Å²) in [7, 11) is 0. The van der Waals surface area contributed by atoms with Crippen LogP contribution in [0.2, 0.25) is 0 Å². The molecule has 0 fully saturated rings. The second kappa shape index (κ2) is 2.68. The first kappa shape index (κ1) is 7.43. The largest absolute Gasteiger partial charge is 0.295 e. The van der Waals surface area contributed by atoms with Crippen LogP contribution in [0.1, 0.15) is 21.4 Å². The average molecular weight is 181 g/mol. The molecule has 0 unspecified atom stereocenters. The van der Waals surface area contributed by atoms with Crippen molar-refractivity contribution in [2.75, 3.05) is 0 Å². The molecular formula is C8H5ClN2O.